The molecule has 0 radical (unpaired) electrons. The topological polar surface area (TPSA) is 71.9 Å². The highest BCUT2D eigenvalue weighted by Crippen LogP contribution is 2.24. The number of aromatic amines is 1. The fourth-order valence-corrected chi connectivity index (χ4v) is 3.33. The molecule has 1 atom stereocenters. The standard InChI is InChI=1S/C22H22N4O2/c1-14-4-9-18-16(12-14)13-19(24-18)22(27)25-20(21-23-10-11-26(21)2)15-5-7-17(28-3)8-6-15/h4-13,20,24H,1-3H3,(H,25,27). The van der Waals surface area contributed by atoms with Gasteiger partial charge < -0.3 is 19.6 Å². The maximum absolute atomic E-state index is 13.0. The van der Waals surface area contributed by atoms with Crippen LogP contribution in [0.2, 0.25) is 0 Å². The Morgan fingerprint density at radius 1 is 1.18 bits per heavy atom. The molecule has 0 aliphatic carbocycles. The van der Waals surface area contributed by atoms with E-state index in [4.69, 9.17) is 4.74 Å². The molecule has 4 rings (SSSR count). The summed E-state index contributed by atoms with van der Waals surface area (Å²) in [4.78, 5) is 20.6. The first kappa shape index (κ1) is 17.9. The molecule has 1 amide bonds. The molecule has 0 fully saturated rings. The Hall–Kier alpha value is -3.54. The first-order valence-corrected chi connectivity index (χ1v) is 9.06. The third kappa shape index (κ3) is 3.36. The number of imidazole rings is 1. The molecule has 28 heavy (non-hydrogen) atoms. The van der Waals surface area contributed by atoms with Crippen LogP contribution in [-0.2, 0) is 7.05 Å². The van der Waals surface area contributed by atoms with E-state index in [1.165, 1.54) is 0 Å². The number of carbonyl (C=O) groups excluding carboxylic acids is 1. The van der Waals surface area contributed by atoms with Crippen molar-refractivity contribution in [2.45, 2.75) is 13.0 Å². The van der Waals surface area contributed by atoms with Gasteiger partial charge in [-0.05, 0) is 42.8 Å². The zero-order valence-corrected chi connectivity index (χ0v) is 16.1. The van der Waals surface area contributed by atoms with Crippen molar-refractivity contribution in [1.82, 2.24) is 19.9 Å². The lowest BCUT2D eigenvalue weighted by Crippen LogP contribution is -2.31. The number of hydrogen-bond acceptors (Lipinski definition) is 3. The predicted molar refractivity (Wildman–Crippen MR) is 109 cm³/mol. The highest BCUT2D eigenvalue weighted by atomic mass is 16.5. The van der Waals surface area contributed by atoms with Crippen molar-refractivity contribution in [1.29, 1.82) is 0 Å². The summed E-state index contributed by atoms with van der Waals surface area (Å²) in [6, 6.07) is 15.2. The number of H-pyrrole nitrogens is 1. The van der Waals surface area contributed by atoms with Crippen LogP contribution in [0.4, 0.5) is 0 Å². The van der Waals surface area contributed by atoms with Gasteiger partial charge in [0.25, 0.3) is 5.91 Å². The van der Waals surface area contributed by atoms with Crippen molar-refractivity contribution >= 4 is 16.8 Å². The third-order valence-electron chi connectivity index (χ3n) is 4.86. The molecule has 2 aromatic heterocycles. The van der Waals surface area contributed by atoms with Gasteiger partial charge in [-0.2, -0.15) is 0 Å². The molecule has 0 aliphatic heterocycles. The summed E-state index contributed by atoms with van der Waals surface area (Å²) in [5.74, 6) is 1.34. The molecule has 2 heterocycles. The molecule has 0 aliphatic rings. The van der Waals surface area contributed by atoms with E-state index in [2.05, 4.69) is 21.4 Å². The van der Waals surface area contributed by atoms with E-state index in [1.54, 1.807) is 13.3 Å². The normalized spacial score (nSPS) is 12.1. The fraction of sp³-hybridized carbons (Fsp3) is 0.182. The Morgan fingerprint density at radius 2 is 1.96 bits per heavy atom. The van der Waals surface area contributed by atoms with Gasteiger partial charge in [-0.1, -0.05) is 23.8 Å². The van der Waals surface area contributed by atoms with Gasteiger partial charge in [0.05, 0.1) is 7.11 Å². The number of methoxy groups -OCH3 is 1. The minimum Gasteiger partial charge on any atom is -0.497 e. The second-order valence-electron chi connectivity index (χ2n) is 6.85. The number of hydrogen-bond donors (Lipinski definition) is 2. The molecule has 6 heteroatoms. The first-order chi connectivity index (χ1) is 13.5. The van der Waals surface area contributed by atoms with Crippen LogP contribution in [0.25, 0.3) is 10.9 Å². The molecular formula is C22H22N4O2. The predicted octanol–water partition coefficient (Wildman–Crippen LogP) is 3.74. The molecule has 0 saturated carbocycles. The average Bonchev–Trinajstić information content (AvgIpc) is 3.32. The van der Waals surface area contributed by atoms with Crippen molar-refractivity contribution in [2.24, 2.45) is 7.05 Å². The molecule has 0 spiro atoms. The molecule has 142 valence electrons. The van der Waals surface area contributed by atoms with Crippen LogP contribution in [0.1, 0.15) is 33.5 Å². The van der Waals surface area contributed by atoms with Crippen LogP contribution >= 0.6 is 0 Å². The van der Waals surface area contributed by atoms with Gasteiger partial charge in [-0.25, -0.2) is 4.98 Å². The smallest absolute Gasteiger partial charge is 0.268 e. The average molecular weight is 374 g/mol. The Balaban J connectivity index is 1.67. The Bertz CT molecular complexity index is 1130. The lowest BCUT2D eigenvalue weighted by Gasteiger charge is -2.19. The van der Waals surface area contributed by atoms with Crippen LogP contribution < -0.4 is 10.1 Å². The SMILES string of the molecule is COc1ccc(C(NC(=O)c2cc3cc(C)ccc3[nH]2)c2nccn2C)cc1. The molecule has 1 unspecified atom stereocenters. The minimum atomic E-state index is -0.383. The number of aromatic nitrogens is 3. The van der Waals surface area contributed by atoms with Crippen LogP contribution in [0, 0.1) is 6.92 Å². The van der Waals surface area contributed by atoms with Crippen LogP contribution in [0.3, 0.4) is 0 Å². The largest absolute Gasteiger partial charge is 0.497 e. The molecule has 0 saturated heterocycles. The van der Waals surface area contributed by atoms with Gasteiger partial charge in [0.2, 0.25) is 0 Å². The summed E-state index contributed by atoms with van der Waals surface area (Å²) in [6.45, 7) is 2.03. The van der Waals surface area contributed by atoms with Gasteiger partial charge in [0.1, 0.15) is 23.3 Å². The first-order valence-electron chi connectivity index (χ1n) is 9.06. The van der Waals surface area contributed by atoms with E-state index in [0.29, 0.717) is 5.69 Å². The summed E-state index contributed by atoms with van der Waals surface area (Å²) in [6.07, 6.45) is 3.59. The zero-order chi connectivity index (χ0) is 19.7. The van der Waals surface area contributed by atoms with E-state index in [-0.39, 0.29) is 11.9 Å². The van der Waals surface area contributed by atoms with Crippen molar-refractivity contribution in [3.63, 3.8) is 0 Å². The third-order valence-corrected chi connectivity index (χ3v) is 4.86. The number of carbonyl (C=O) groups is 1. The van der Waals surface area contributed by atoms with Gasteiger partial charge in [-0.15, -0.1) is 0 Å². The van der Waals surface area contributed by atoms with Gasteiger partial charge in [0.15, 0.2) is 0 Å². The van der Waals surface area contributed by atoms with Crippen molar-refractivity contribution in [3.8, 4) is 5.75 Å². The van der Waals surface area contributed by atoms with Crippen molar-refractivity contribution < 1.29 is 9.53 Å². The summed E-state index contributed by atoms with van der Waals surface area (Å²) >= 11 is 0. The number of rotatable bonds is 5. The minimum absolute atomic E-state index is 0.183. The lowest BCUT2D eigenvalue weighted by atomic mass is 10.1. The molecule has 2 N–H and O–H groups in total. The zero-order valence-electron chi connectivity index (χ0n) is 16.1. The van der Waals surface area contributed by atoms with Crippen molar-refractivity contribution in [3.05, 3.63) is 83.6 Å². The van der Waals surface area contributed by atoms with E-state index >= 15 is 0 Å². The summed E-state index contributed by atoms with van der Waals surface area (Å²) in [7, 11) is 3.54. The highest BCUT2D eigenvalue weighted by Gasteiger charge is 2.22. The number of nitrogens with zero attached hydrogens (tertiary/aromatic N) is 2. The second-order valence-corrected chi connectivity index (χ2v) is 6.85. The summed E-state index contributed by atoms with van der Waals surface area (Å²) < 4.78 is 7.15. The quantitative estimate of drug-likeness (QED) is 0.559. The molecular weight excluding hydrogens is 352 g/mol. The van der Waals surface area contributed by atoms with E-state index in [0.717, 1.165) is 33.6 Å². The van der Waals surface area contributed by atoms with Crippen LogP contribution in [0.15, 0.2) is 60.9 Å². The molecule has 2 aromatic carbocycles. The van der Waals surface area contributed by atoms with Crippen LogP contribution in [0.5, 0.6) is 5.75 Å². The fourth-order valence-electron chi connectivity index (χ4n) is 3.33. The Labute approximate surface area is 163 Å². The van der Waals surface area contributed by atoms with Gasteiger partial charge in [-0.3, -0.25) is 4.79 Å². The summed E-state index contributed by atoms with van der Waals surface area (Å²) in [5.41, 5.74) is 3.54. The molecule has 0 bridgehead atoms. The highest BCUT2D eigenvalue weighted by molar-refractivity contribution is 5.98. The molecule has 4 aromatic rings. The van der Waals surface area contributed by atoms with E-state index in [9.17, 15) is 4.79 Å². The summed E-state index contributed by atoms with van der Waals surface area (Å²) in [5, 5.41) is 4.13. The van der Waals surface area contributed by atoms with E-state index < -0.39 is 0 Å². The number of fused-ring (bicyclic) bond motifs is 1. The number of nitrogens with one attached hydrogen (secondary N) is 2. The number of aryl methyl sites for hydroxylation is 2. The number of benzene rings is 2. The maximum Gasteiger partial charge on any atom is 0.268 e. The van der Waals surface area contributed by atoms with E-state index in [1.807, 2.05) is 67.2 Å². The number of ether oxygens (including phenoxy) is 1. The Kier molecular flexibility index (Phi) is 4.61. The lowest BCUT2D eigenvalue weighted by molar-refractivity contribution is 0.0937. The second kappa shape index (κ2) is 7.23. The van der Waals surface area contributed by atoms with Gasteiger partial charge >= 0.3 is 0 Å². The monoisotopic (exact) mass is 374 g/mol. The van der Waals surface area contributed by atoms with Crippen LogP contribution in [-0.4, -0.2) is 27.6 Å². The maximum atomic E-state index is 13.0. The van der Waals surface area contributed by atoms with Gasteiger partial charge in [0, 0.05) is 30.3 Å². The number of amides is 1. The molecule has 6 nitrogen and oxygen atoms in total. The Morgan fingerprint density at radius 3 is 2.64 bits per heavy atom. The van der Waals surface area contributed by atoms with Crippen molar-refractivity contribution in [2.75, 3.05) is 7.11 Å².